The molecule has 0 aliphatic carbocycles. The lowest BCUT2D eigenvalue weighted by molar-refractivity contribution is -0.115. The molecule has 8 nitrogen and oxygen atoms in total. The number of nitrogens with zero attached hydrogens (tertiary/aromatic N) is 2. The van der Waals surface area contributed by atoms with Gasteiger partial charge in [0.15, 0.2) is 5.16 Å². The fourth-order valence-corrected chi connectivity index (χ4v) is 5.77. The van der Waals surface area contributed by atoms with Crippen LogP contribution >= 0.6 is 11.8 Å². The van der Waals surface area contributed by atoms with Crippen molar-refractivity contribution in [3.8, 4) is 0 Å². The molecule has 1 aliphatic heterocycles. The first-order valence-electron chi connectivity index (χ1n) is 10.5. The number of hydrogen-bond acceptors (Lipinski definition) is 6. The molecule has 31 heavy (non-hydrogen) atoms. The average molecular weight is 465 g/mol. The molecule has 2 aromatic rings. The summed E-state index contributed by atoms with van der Waals surface area (Å²) in [6, 6.07) is 7.78. The zero-order valence-electron chi connectivity index (χ0n) is 17.8. The predicted molar refractivity (Wildman–Crippen MR) is 122 cm³/mol. The Labute approximate surface area is 186 Å². The van der Waals surface area contributed by atoms with E-state index in [1.54, 1.807) is 25.1 Å². The third kappa shape index (κ3) is 6.18. The van der Waals surface area contributed by atoms with Crippen LogP contribution in [0.25, 0.3) is 0 Å². The zero-order chi connectivity index (χ0) is 22.4. The van der Waals surface area contributed by atoms with Gasteiger partial charge in [0, 0.05) is 30.5 Å². The van der Waals surface area contributed by atoms with Crippen molar-refractivity contribution < 1.29 is 13.2 Å². The van der Waals surface area contributed by atoms with Gasteiger partial charge < -0.3 is 10.3 Å². The molecular formula is C21H28N4O4S2. The second kappa shape index (κ2) is 10.4. The van der Waals surface area contributed by atoms with Gasteiger partial charge in [0.2, 0.25) is 15.9 Å². The monoisotopic (exact) mass is 464 g/mol. The van der Waals surface area contributed by atoms with Crippen molar-refractivity contribution in [1.29, 1.82) is 0 Å². The van der Waals surface area contributed by atoms with E-state index in [2.05, 4.69) is 15.3 Å². The van der Waals surface area contributed by atoms with E-state index < -0.39 is 15.3 Å². The lowest BCUT2D eigenvalue weighted by atomic mass is 10.2. The number of carbonyl (C=O) groups excluding carboxylic acids is 1. The number of H-pyrrole nitrogens is 1. The number of amides is 1. The van der Waals surface area contributed by atoms with E-state index in [4.69, 9.17) is 0 Å². The summed E-state index contributed by atoms with van der Waals surface area (Å²) in [5, 5.41) is 2.62. The standard InChI is InChI=1S/C21H28N4O4S2/c1-3-8-16-14-19(26)24-21(23-16)30-15(2)20(27)22-17-9-7-10-18(13-17)31(28,29)25-11-5-4-6-12-25/h7,9-10,13-15H,3-6,8,11-12H2,1-2H3,(H,22,27)(H,23,24,26). The summed E-state index contributed by atoms with van der Waals surface area (Å²) >= 11 is 1.15. The lowest BCUT2D eigenvalue weighted by Crippen LogP contribution is -2.35. The Morgan fingerprint density at radius 1 is 1.26 bits per heavy atom. The molecule has 2 heterocycles. The summed E-state index contributed by atoms with van der Waals surface area (Å²) in [7, 11) is -3.58. The van der Waals surface area contributed by atoms with Crippen LogP contribution in [-0.4, -0.2) is 46.9 Å². The molecule has 1 aromatic heterocycles. The Morgan fingerprint density at radius 3 is 2.71 bits per heavy atom. The van der Waals surface area contributed by atoms with Crippen LogP contribution in [0.3, 0.4) is 0 Å². The van der Waals surface area contributed by atoms with Crippen LogP contribution in [0.2, 0.25) is 0 Å². The SMILES string of the molecule is CCCc1cc(=O)[nH]c(SC(C)C(=O)Nc2cccc(S(=O)(=O)N3CCCCC3)c2)n1. The third-order valence-corrected chi connectivity index (χ3v) is 7.87. The molecule has 0 saturated carbocycles. The van der Waals surface area contributed by atoms with E-state index in [9.17, 15) is 18.0 Å². The van der Waals surface area contributed by atoms with Gasteiger partial charge in [0.1, 0.15) is 0 Å². The highest BCUT2D eigenvalue weighted by molar-refractivity contribution is 8.00. The normalized spacial score (nSPS) is 16.1. The van der Waals surface area contributed by atoms with Gasteiger partial charge in [-0.15, -0.1) is 0 Å². The molecule has 0 bridgehead atoms. The molecule has 1 saturated heterocycles. The minimum Gasteiger partial charge on any atom is -0.325 e. The summed E-state index contributed by atoms with van der Waals surface area (Å²) in [5.41, 5.74) is 0.859. The molecule has 1 fully saturated rings. The van der Waals surface area contributed by atoms with E-state index in [-0.39, 0.29) is 16.4 Å². The molecule has 1 aromatic carbocycles. The van der Waals surface area contributed by atoms with E-state index in [1.807, 2.05) is 6.92 Å². The molecule has 0 radical (unpaired) electrons. The second-order valence-electron chi connectivity index (χ2n) is 7.53. The maximum atomic E-state index is 12.9. The summed E-state index contributed by atoms with van der Waals surface area (Å²) in [6.45, 7) is 4.76. The third-order valence-electron chi connectivity index (χ3n) is 4.99. The molecular weight excluding hydrogens is 436 g/mol. The number of thioether (sulfide) groups is 1. The van der Waals surface area contributed by atoms with Gasteiger partial charge in [-0.05, 0) is 44.4 Å². The van der Waals surface area contributed by atoms with Gasteiger partial charge in [-0.2, -0.15) is 4.31 Å². The van der Waals surface area contributed by atoms with Crippen molar-refractivity contribution in [1.82, 2.24) is 14.3 Å². The first-order chi connectivity index (χ1) is 14.8. The minimum atomic E-state index is -3.58. The van der Waals surface area contributed by atoms with Crippen molar-refractivity contribution in [3.05, 3.63) is 46.4 Å². The van der Waals surface area contributed by atoms with Gasteiger partial charge in [-0.1, -0.05) is 37.6 Å². The number of piperidine rings is 1. The Hall–Kier alpha value is -2.17. The Kier molecular flexibility index (Phi) is 7.90. The second-order valence-corrected chi connectivity index (χ2v) is 10.8. The Balaban J connectivity index is 1.69. The van der Waals surface area contributed by atoms with Gasteiger partial charge >= 0.3 is 0 Å². The first kappa shape index (κ1) is 23.5. The number of hydrogen-bond donors (Lipinski definition) is 2. The van der Waals surface area contributed by atoms with Gasteiger partial charge in [0.05, 0.1) is 10.1 Å². The highest BCUT2D eigenvalue weighted by Gasteiger charge is 2.26. The number of sulfonamides is 1. The average Bonchev–Trinajstić information content (AvgIpc) is 2.74. The van der Waals surface area contributed by atoms with Crippen LogP contribution in [0.1, 0.15) is 45.2 Å². The molecule has 0 spiro atoms. The molecule has 1 atom stereocenters. The van der Waals surface area contributed by atoms with Crippen LogP contribution in [0, 0.1) is 0 Å². The van der Waals surface area contributed by atoms with Crippen LogP contribution in [0.15, 0.2) is 45.2 Å². The van der Waals surface area contributed by atoms with E-state index in [0.29, 0.717) is 36.0 Å². The van der Waals surface area contributed by atoms with Gasteiger partial charge in [-0.25, -0.2) is 13.4 Å². The molecule has 10 heteroatoms. The molecule has 2 N–H and O–H groups in total. The maximum Gasteiger partial charge on any atom is 0.251 e. The minimum absolute atomic E-state index is 0.172. The molecule has 3 rings (SSSR count). The predicted octanol–water partition coefficient (Wildman–Crippen LogP) is 3.02. The number of rotatable bonds is 8. The summed E-state index contributed by atoms with van der Waals surface area (Å²) in [4.78, 5) is 31.7. The van der Waals surface area contributed by atoms with Crippen molar-refractivity contribution in [2.45, 2.75) is 61.3 Å². The highest BCUT2D eigenvalue weighted by Crippen LogP contribution is 2.24. The number of carbonyl (C=O) groups is 1. The number of nitrogens with one attached hydrogen (secondary N) is 2. The van der Waals surface area contributed by atoms with Crippen LogP contribution in [-0.2, 0) is 21.2 Å². The van der Waals surface area contributed by atoms with Gasteiger partial charge in [0.25, 0.3) is 5.56 Å². The smallest absolute Gasteiger partial charge is 0.251 e. The number of aromatic amines is 1. The van der Waals surface area contributed by atoms with Gasteiger partial charge in [-0.3, -0.25) is 9.59 Å². The molecule has 1 amide bonds. The topological polar surface area (TPSA) is 112 Å². The Bertz CT molecular complexity index is 1080. The Morgan fingerprint density at radius 2 is 2.00 bits per heavy atom. The fourth-order valence-electron chi connectivity index (χ4n) is 3.38. The quantitative estimate of drug-likeness (QED) is 0.459. The van der Waals surface area contributed by atoms with E-state index in [1.165, 1.54) is 16.4 Å². The zero-order valence-corrected chi connectivity index (χ0v) is 19.4. The lowest BCUT2D eigenvalue weighted by Gasteiger charge is -2.26. The maximum absolute atomic E-state index is 12.9. The number of anilines is 1. The van der Waals surface area contributed by atoms with Crippen molar-refractivity contribution in [3.63, 3.8) is 0 Å². The van der Waals surface area contributed by atoms with Crippen molar-refractivity contribution in [2.24, 2.45) is 0 Å². The summed E-state index contributed by atoms with van der Waals surface area (Å²) < 4.78 is 27.3. The van der Waals surface area contributed by atoms with Crippen LogP contribution < -0.4 is 10.9 Å². The van der Waals surface area contributed by atoms with Crippen LogP contribution in [0.5, 0.6) is 0 Å². The van der Waals surface area contributed by atoms with E-state index >= 15 is 0 Å². The van der Waals surface area contributed by atoms with Crippen LogP contribution in [0.4, 0.5) is 5.69 Å². The van der Waals surface area contributed by atoms with E-state index in [0.717, 1.165) is 37.4 Å². The number of benzene rings is 1. The van der Waals surface area contributed by atoms with Crippen molar-refractivity contribution in [2.75, 3.05) is 18.4 Å². The molecule has 1 unspecified atom stereocenters. The summed E-state index contributed by atoms with van der Waals surface area (Å²) in [5.74, 6) is -0.305. The fraction of sp³-hybridized carbons (Fsp3) is 0.476. The first-order valence-corrected chi connectivity index (χ1v) is 12.8. The highest BCUT2D eigenvalue weighted by atomic mass is 32.2. The number of aromatic nitrogens is 2. The molecule has 1 aliphatic rings. The molecule has 168 valence electrons. The number of aryl methyl sites for hydroxylation is 1. The van der Waals surface area contributed by atoms with Crippen molar-refractivity contribution >= 4 is 33.4 Å². The summed E-state index contributed by atoms with van der Waals surface area (Å²) in [6.07, 6.45) is 4.32. The largest absolute Gasteiger partial charge is 0.325 e.